The highest BCUT2D eigenvalue weighted by Gasteiger charge is 2.16. The fourth-order valence-corrected chi connectivity index (χ4v) is 4.43. The number of nitrogens with zero attached hydrogens (tertiary/aromatic N) is 2. The molecule has 0 atom stereocenters. The van der Waals surface area contributed by atoms with Gasteiger partial charge in [0, 0.05) is 6.54 Å². The average Bonchev–Trinajstić information content (AvgIpc) is 2.84. The van der Waals surface area contributed by atoms with E-state index in [0.717, 1.165) is 22.9 Å². The molecule has 1 amide bonds. The number of para-hydroxylation sites is 1. The molecule has 0 unspecified atom stereocenters. The van der Waals surface area contributed by atoms with Crippen molar-refractivity contribution in [1.82, 2.24) is 9.55 Å². The molecule has 0 bridgehead atoms. The summed E-state index contributed by atoms with van der Waals surface area (Å²) in [4.78, 5) is 42.0. The minimum Gasteiger partial charge on any atom is -0.478 e. The summed E-state index contributed by atoms with van der Waals surface area (Å²) in [5.41, 5.74) is 2.55. The zero-order valence-corrected chi connectivity index (χ0v) is 19.3. The van der Waals surface area contributed by atoms with E-state index in [2.05, 4.69) is 10.3 Å². The molecule has 4 aromatic rings. The van der Waals surface area contributed by atoms with Gasteiger partial charge in [-0.05, 0) is 43.2 Å². The number of carboxylic acids is 1. The largest absolute Gasteiger partial charge is 0.478 e. The van der Waals surface area contributed by atoms with Gasteiger partial charge < -0.3 is 10.4 Å². The van der Waals surface area contributed by atoms with Crippen LogP contribution in [0.1, 0.15) is 21.5 Å². The number of carbonyl (C=O) groups is 2. The summed E-state index contributed by atoms with van der Waals surface area (Å²) >= 11 is 1.15. The van der Waals surface area contributed by atoms with E-state index in [1.54, 1.807) is 41.8 Å². The highest BCUT2D eigenvalue weighted by molar-refractivity contribution is 7.99. The maximum absolute atomic E-state index is 13.2. The molecule has 34 heavy (non-hydrogen) atoms. The third-order valence-electron chi connectivity index (χ3n) is 5.31. The van der Waals surface area contributed by atoms with Crippen LogP contribution in [-0.4, -0.2) is 32.3 Å². The lowest BCUT2D eigenvalue weighted by atomic mass is 10.1. The predicted octanol–water partition coefficient (Wildman–Crippen LogP) is 4.38. The Kier molecular flexibility index (Phi) is 7.08. The number of aromatic carboxylic acids is 1. The molecular formula is C26H23N3O4S. The van der Waals surface area contributed by atoms with Gasteiger partial charge in [0.2, 0.25) is 5.91 Å². The Morgan fingerprint density at radius 3 is 2.53 bits per heavy atom. The van der Waals surface area contributed by atoms with Crippen molar-refractivity contribution < 1.29 is 14.7 Å². The minimum atomic E-state index is -1.11. The van der Waals surface area contributed by atoms with Gasteiger partial charge in [0.05, 0.1) is 27.9 Å². The second-order valence-corrected chi connectivity index (χ2v) is 8.74. The molecular weight excluding hydrogens is 450 g/mol. The Hall–Kier alpha value is -3.91. The van der Waals surface area contributed by atoms with Crippen LogP contribution in [0.25, 0.3) is 10.9 Å². The van der Waals surface area contributed by atoms with Gasteiger partial charge in [0.15, 0.2) is 5.16 Å². The standard InChI is InChI=1S/C26H23N3O4S/c1-17-11-12-22(20(15-17)25(32)33)27-23(30)16-34-26-28-21-10-6-5-9-19(21)24(31)29(26)14-13-18-7-3-2-4-8-18/h2-12,15H,13-14,16H2,1H3,(H,27,30)(H,32,33). The lowest BCUT2D eigenvalue weighted by Gasteiger charge is -2.14. The van der Waals surface area contributed by atoms with E-state index in [4.69, 9.17) is 0 Å². The second kappa shape index (κ2) is 10.4. The van der Waals surface area contributed by atoms with Crippen LogP contribution in [0.15, 0.2) is 82.7 Å². The smallest absolute Gasteiger partial charge is 0.337 e. The molecule has 7 nitrogen and oxygen atoms in total. The van der Waals surface area contributed by atoms with Crippen LogP contribution in [0.4, 0.5) is 5.69 Å². The number of hydrogen-bond acceptors (Lipinski definition) is 5. The van der Waals surface area contributed by atoms with Gasteiger partial charge in [-0.3, -0.25) is 14.2 Å². The number of hydrogen-bond donors (Lipinski definition) is 2. The summed E-state index contributed by atoms with van der Waals surface area (Å²) < 4.78 is 1.60. The third kappa shape index (κ3) is 5.35. The minimum absolute atomic E-state index is 0.0247. The fourth-order valence-electron chi connectivity index (χ4n) is 3.60. The number of fused-ring (bicyclic) bond motifs is 1. The van der Waals surface area contributed by atoms with E-state index in [0.29, 0.717) is 29.0 Å². The SMILES string of the molecule is Cc1ccc(NC(=O)CSc2nc3ccccc3c(=O)n2CCc2ccccc2)c(C(=O)O)c1. The van der Waals surface area contributed by atoms with Gasteiger partial charge in [-0.25, -0.2) is 9.78 Å². The molecule has 0 fully saturated rings. The summed E-state index contributed by atoms with van der Waals surface area (Å²) in [6.07, 6.45) is 0.645. The van der Waals surface area contributed by atoms with Crippen molar-refractivity contribution in [3.8, 4) is 0 Å². The van der Waals surface area contributed by atoms with Crippen molar-refractivity contribution in [2.24, 2.45) is 0 Å². The number of anilines is 1. The first-order valence-corrected chi connectivity index (χ1v) is 11.7. The van der Waals surface area contributed by atoms with Gasteiger partial charge >= 0.3 is 5.97 Å². The molecule has 0 aliphatic carbocycles. The Balaban J connectivity index is 1.56. The molecule has 0 aliphatic rings. The Bertz CT molecular complexity index is 1420. The molecule has 0 saturated heterocycles. The van der Waals surface area contributed by atoms with Crippen molar-refractivity contribution in [3.05, 3.63) is 99.8 Å². The monoisotopic (exact) mass is 473 g/mol. The Labute approximate surface area is 200 Å². The molecule has 0 aliphatic heterocycles. The van der Waals surface area contributed by atoms with Crippen LogP contribution in [0.2, 0.25) is 0 Å². The topological polar surface area (TPSA) is 101 Å². The van der Waals surface area contributed by atoms with Crippen molar-refractivity contribution >= 4 is 40.2 Å². The lowest BCUT2D eigenvalue weighted by molar-refractivity contribution is -0.113. The number of aromatic nitrogens is 2. The summed E-state index contributed by atoms with van der Waals surface area (Å²) in [7, 11) is 0. The van der Waals surface area contributed by atoms with E-state index >= 15 is 0 Å². The second-order valence-electron chi connectivity index (χ2n) is 7.79. The third-order valence-corrected chi connectivity index (χ3v) is 6.28. The highest BCUT2D eigenvalue weighted by Crippen LogP contribution is 2.21. The van der Waals surface area contributed by atoms with E-state index < -0.39 is 5.97 Å². The summed E-state index contributed by atoms with van der Waals surface area (Å²) in [6, 6.07) is 21.8. The van der Waals surface area contributed by atoms with Gasteiger partial charge in [0.1, 0.15) is 0 Å². The molecule has 2 N–H and O–H groups in total. The van der Waals surface area contributed by atoms with E-state index in [1.807, 2.05) is 36.4 Å². The average molecular weight is 474 g/mol. The van der Waals surface area contributed by atoms with Crippen LogP contribution in [0.5, 0.6) is 0 Å². The first-order chi connectivity index (χ1) is 16.4. The molecule has 3 aromatic carbocycles. The molecule has 0 spiro atoms. The zero-order chi connectivity index (χ0) is 24.1. The quantitative estimate of drug-likeness (QED) is 0.291. The lowest BCUT2D eigenvalue weighted by Crippen LogP contribution is -2.25. The van der Waals surface area contributed by atoms with Crippen LogP contribution in [-0.2, 0) is 17.8 Å². The number of nitrogens with one attached hydrogen (secondary N) is 1. The fraction of sp³-hybridized carbons (Fsp3) is 0.154. The highest BCUT2D eigenvalue weighted by atomic mass is 32.2. The summed E-state index contributed by atoms with van der Waals surface area (Å²) in [5, 5.41) is 13.1. The number of amides is 1. The number of thioether (sulfide) groups is 1. The van der Waals surface area contributed by atoms with E-state index in [1.165, 1.54) is 6.07 Å². The van der Waals surface area contributed by atoms with Crippen molar-refractivity contribution in [2.75, 3.05) is 11.1 Å². The molecule has 8 heteroatoms. The molecule has 1 aromatic heterocycles. The van der Waals surface area contributed by atoms with Gasteiger partial charge in [-0.2, -0.15) is 0 Å². The molecule has 172 valence electrons. The van der Waals surface area contributed by atoms with Crippen LogP contribution in [0.3, 0.4) is 0 Å². The predicted molar refractivity (Wildman–Crippen MR) is 134 cm³/mol. The molecule has 0 saturated carbocycles. The van der Waals surface area contributed by atoms with Crippen molar-refractivity contribution in [1.29, 1.82) is 0 Å². The zero-order valence-electron chi connectivity index (χ0n) is 18.5. The maximum Gasteiger partial charge on any atom is 0.337 e. The number of benzene rings is 3. The van der Waals surface area contributed by atoms with E-state index in [-0.39, 0.29) is 28.5 Å². The summed E-state index contributed by atoms with van der Waals surface area (Å²) in [6.45, 7) is 2.21. The van der Waals surface area contributed by atoms with Crippen molar-refractivity contribution in [2.45, 2.75) is 25.0 Å². The maximum atomic E-state index is 13.2. The Morgan fingerprint density at radius 2 is 1.76 bits per heavy atom. The first-order valence-electron chi connectivity index (χ1n) is 10.7. The normalized spacial score (nSPS) is 10.9. The van der Waals surface area contributed by atoms with Crippen LogP contribution >= 0.6 is 11.8 Å². The number of carboxylic acid groups (broad SMARTS) is 1. The number of carbonyl (C=O) groups excluding carboxylic acids is 1. The molecule has 1 heterocycles. The molecule has 0 radical (unpaired) electrons. The van der Waals surface area contributed by atoms with Gasteiger partial charge in [-0.1, -0.05) is 65.9 Å². The number of rotatable bonds is 8. The van der Waals surface area contributed by atoms with Gasteiger partial charge in [-0.15, -0.1) is 0 Å². The Morgan fingerprint density at radius 1 is 1.03 bits per heavy atom. The van der Waals surface area contributed by atoms with Crippen LogP contribution in [0, 0.1) is 6.92 Å². The van der Waals surface area contributed by atoms with Crippen LogP contribution < -0.4 is 10.9 Å². The first kappa shape index (κ1) is 23.3. The summed E-state index contributed by atoms with van der Waals surface area (Å²) in [5.74, 6) is -1.52. The van der Waals surface area contributed by atoms with Gasteiger partial charge in [0.25, 0.3) is 5.56 Å². The molecule has 4 rings (SSSR count). The van der Waals surface area contributed by atoms with E-state index in [9.17, 15) is 19.5 Å². The van der Waals surface area contributed by atoms with Crippen molar-refractivity contribution in [3.63, 3.8) is 0 Å². The number of aryl methyl sites for hydroxylation is 2.